The number of nitrogens with zero attached hydrogens (tertiary/aromatic N) is 2. The maximum atomic E-state index is 6.44. The molecule has 0 fully saturated rings. The summed E-state index contributed by atoms with van der Waals surface area (Å²) in [6.45, 7) is 18.3. The molecular weight excluding hydrogens is 893 g/mol. The van der Waals surface area contributed by atoms with Crippen LogP contribution in [0.2, 0.25) is 19.6 Å². The van der Waals surface area contributed by atoms with E-state index >= 15 is 0 Å². The Labute approximate surface area is 350 Å². The van der Waals surface area contributed by atoms with Crippen LogP contribution in [-0.2, 0) is 26.5 Å². The fraction of sp³-hybridized carbons (Fsp3) is 0.216. The molecule has 1 radical (unpaired) electrons. The summed E-state index contributed by atoms with van der Waals surface area (Å²) in [7, 11) is -1.31. The van der Waals surface area contributed by atoms with E-state index in [1.54, 1.807) is 0 Å². The summed E-state index contributed by atoms with van der Waals surface area (Å²) in [5.41, 5.74) is 12.8. The second kappa shape index (κ2) is 16.0. The number of furan rings is 2. The number of hydrogen-bond acceptors (Lipinski definition) is 4. The number of benzene rings is 5. The zero-order valence-corrected chi connectivity index (χ0v) is 37.3. The SMILES string of the molecule is CC(C)c1c(-c2ccccc2)ccc2c1oc1c[c-]c(-c3cc(CC(C)(C)C)ccn3)cc12.C[Si](C)(C)c1ccc(-c2[c-]cc3oc4ccccc4c3c2)nc1.[Ir]. The van der Waals surface area contributed by atoms with Crippen LogP contribution in [0.4, 0.5) is 0 Å². The average molecular weight is 941 g/mol. The van der Waals surface area contributed by atoms with Crippen LogP contribution in [0, 0.1) is 17.5 Å². The summed E-state index contributed by atoms with van der Waals surface area (Å²) in [4.78, 5) is 9.31. The number of para-hydroxylation sites is 1. The molecular formula is C51H48IrN2O2Si-2. The van der Waals surface area contributed by atoms with Gasteiger partial charge in [0, 0.05) is 48.8 Å². The molecule has 0 saturated carbocycles. The predicted molar refractivity (Wildman–Crippen MR) is 237 cm³/mol. The van der Waals surface area contributed by atoms with Gasteiger partial charge in [-0.05, 0) is 57.6 Å². The predicted octanol–water partition coefficient (Wildman–Crippen LogP) is 13.8. The maximum absolute atomic E-state index is 6.44. The van der Waals surface area contributed by atoms with Crippen molar-refractivity contribution < 1.29 is 28.9 Å². The molecule has 9 aromatic rings. The second-order valence-electron chi connectivity index (χ2n) is 17.3. The molecule has 0 saturated heterocycles. The van der Waals surface area contributed by atoms with Gasteiger partial charge in [-0.3, -0.25) is 0 Å². The zero-order valence-electron chi connectivity index (χ0n) is 34.0. The first-order valence-corrected chi connectivity index (χ1v) is 23.0. The number of fused-ring (bicyclic) bond motifs is 6. The quantitative estimate of drug-likeness (QED) is 0.123. The summed E-state index contributed by atoms with van der Waals surface area (Å²) >= 11 is 0. The standard InChI is InChI=1S/C31H30NO.C20H18NOSi.Ir/c1-20(2)29-24(22-9-7-6-8-10-22)12-13-25-26-18-23(11-14-28(26)33-30(25)29)27-17-21(15-16-32-27)19-31(3,4)5;1-23(2,3)15-9-10-18(21-13-15)14-8-11-20-17(12-14)16-6-4-5-7-19(16)22-20;/h6-10,12-18,20H,19H2,1-5H3;4-7,9-13H,1-3H3;/q2*-1;. The smallest absolute Gasteiger partial charge is 0.125 e. The van der Waals surface area contributed by atoms with Gasteiger partial charge in [-0.1, -0.05) is 149 Å². The Bertz CT molecular complexity index is 2820. The normalized spacial score (nSPS) is 11.9. The first-order valence-electron chi connectivity index (χ1n) is 19.5. The molecule has 6 heteroatoms. The largest absolute Gasteiger partial charge is 0.500 e. The summed E-state index contributed by atoms with van der Waals surface area (Å²) < 4.78 is 12.3. The van der Waals surface area contributed by atoms with E-state index in [1.807, 2.05) is 42.7 Å². The third-order valence-corrected chi connectivity index (χ3v) is 12.4. The molecule has 0 aliphatic rings. The molecule has 0 bridgehead atoms. The van der Waals surface area contributed by atoms with Crippen molar-refractivity contribution in [2.45, 2.75) is 66.6 Å². The number of aromatic nitrogens is 2. The summed E-state index contributed by atoms with van der Waals surface area (Å²) in [5.74, 6) is 0.337. The van der Waals surface area contributed by atoms with E-state index in [9.17, 15) is 0 Å². The van der Waals surface area contributed by atoms with Gasteiger partial charge in [0.15, 0.2) is 0 Å². The van der Waals surface area contributed by atoms with Crippen LogP contribution in [0.3, 0.4) is 0 Å². The van der Waals surface area contributed by atoms with E-state index in [4.69, 9.17) is 8.83 Å². The van der Waals surface area contributed by atoms with Crippen molar-refractivity contribution >= 4 is 57.1 Å². The van der Waals surface area contributed by atoms with E-state index in [0.29, 0.717) is 5.92 Å². The minimum Gasteiger partial charge on any atom is -0.500 e. The maximum Gasteiger partial charge on any atom is 0.125 e. The van der Waals surface area contributed by atoms with Crippen LogP contribution in [0.25, 0.3) is 77.5 Å². The van der Waals surface area contributed by atoms with E-state index < -0.39 is 8.07 Å². The van der Waals surface area contributed by atoms with Crippen molar-refractivity contribution in [2.24, 2.45) is 5.41 Å². The molecule has 0 aliphatic heterocycles. The van der Waals surface area contributed by atoms with Gasteiger partial charge in [-0.15, -0.1) is 47.5 Å². The molecule has 9 rings (SSSR count). The van der Waals surface area contributed by atoms with Crippen LogP contribution in [-0.4, -0.2) is 18.0 Å². The number of pyridine rings is 2. The Kier molecular flexibility index (Phi) is 11.3. The third-order valence-electron chi connectivity index (χ3n) is 10.3. The Hall–Kier alpha value is -5.13. The fourth-order valence-electron chi connectivity index (χ4n) is 7.55. The van der Waals surface area contributed by atoms with E-state index in [-0.39, 0.29) is 25.5 Å². The molecule has 289 valence electrons. The Morgan fingerprint density at radius 2 is 1.32 bits per heavy atom. The molecule has 5 aromatic carbocycles. The van der Waals surface area contributed by atoms with Gasteiger partial charge in [0.2, 0.25) is 0 Å². The van der Waals surface area contributed by atoms with Crippen molar-refractivity contribution in [3.05, 3.63) is 151 Å². The van der Waals surface area contributed by atoms with Crippen molar-refractivity contribution in [3.63, 3.8) is 0 Å². The van der Waals surface area contributed by atoms with E-state index in [0.717, 1.165) is 72.8 Å². The van der Waals surface area contributed by atoms with Crippen molar-refractivity contribution in [3.8, 4) is 33.6 Å². The van der Waals surface area contributed by atoms with Crippen LogP contribution in [0.15, 0.2) is 136 Å². The van der Waals surface area contributed by atoms with Gasteiger partial charge in [0.05, 0.1) is 19.2 Å². The molecule has 0 unspecified atom stereocenters. The van der Waals surface area contributed by atoms with Crippen LogP contribution < -0.4 is 5.19 Å². The fourth-order valence-corrected chi connectivity index (χ4v) is 8.59. The summed E-state index contributed by atoms with van der Waals surface area (Å²) in [6.07, 6.45) is 4.94. The van der Waals surface area contributed by atoms with E-state index in [2.05, 4.69) is 161 Å². The molecule has 0 aliphatic carbocycles. The minimum atomic E-state index is -1.31. The molecule has 4 heterocycles. The number of rotatable bonds is 6. The second-order valence-corrected chi connectivity index (χ2v) is 22.4. The molecule has 57 heavy (non-hydrogen) atoms. The summed E-state index contributed by atoms with van der Waals surface area (Å²) in [6, 6.07) is 46.6. The minimum absolute atomic E-state index is 0. The molecule has 0 N–H and O–H groups in total. The topological polar surface area (TPSA) is 52.1 Å². The molecule has 4 nitrogen and oxygen atoms in total. The molecule has 0 atom stereocenters. The number of hydrogen-bond donors (Lipinski definition) is 0. The Balaban J connectivity index is 0.000000182. The first-order chi connectivity index (χ1) is 26.8. The van der Waals surface area contributed by atoms with Gasteiger partial charge >= 0.3 is 0 Å². The zero-order chi connectivity index (χ0) is 39.2. The van der Waals surface area contributed by atoms with Crippen molar-refractivity contribution in [2.75, 3.05) is 0 Å². The van der Waals surface area contributed by atoms with Crippen LogP contribution in [0.1, 0.15) is 51.7 Å². The first kappa shape index (κ1) is 40.1. The monoisotopic (exact) mass is 941 g/mol. The molecule has 0 spiro atoms. The van der Waals surface area contributed by atoms with E-state index in [1.165, 1.54) is 27.4 Å². The van der Waals surface area contributed by atoms with Crippen molar-refractivity contribution in [1.82, 2.24) is 9.97 Å². The Morgan fingerprint density at radius 3 is 1.98 bits per heavy atom. The molecule has 4 aromatic heterocycles. The van der Waals surface area contributed by atoms with Crippen LogP contribution in [0.5, 0.6) is 0 Å². The molecule has 0 amide bonds. The van der Waals surface area contributed by atoms with Gasteiger partial charge < -0.3 is 18.8 Å². The van der Waals surface area contributed by atoms with Gasteiger partial charge in [0.1, 0.15) is 11.2 Å². The summed E-state index contributed by atoms with van der Waals surface area (Å²) in [5, 5.41) is 5.88. The van der Waals surface area contributed by atoms with Crippen molar-refractivity contribution in [1.29, 1.82) is 0 Å². The average Bonchev–Trinajstić information content (AvgIpc) is 3.75. The third kappa shape index (κ3) is 8.45. The van der Waals surface area contributed by atoms with Gasteiger partial charge in [-0.2, -0.15) is 0 Å². The van der Waals surface area contributed by atoms with Crippen LogP contribution >= 0.6 is 0 Å². The van der Waals surface area contributed by atoms with Gasteiger partial charge in [-0.25, -0.2) is 0 Å². The Morgan fingerprint density at radius 1 is 0.649 bits per heavy atom. The van der Waals surface area contributed by atoms with Gasteiger partial charge in [0.25, 0.3) is 0 Å².